The second kappa shape index (κ2) is 6.35. The highest BCUT2D eigenvalue weighted by Gasteiger charge is 2.12. The highest BCUT2D eigenvalue weighted by atomic mass is 79.9. The predicted octanol–water partition coefficient (Wildman–Crippen LogP) is 5.25. The average Bonchev–Trinajstić information content (AvgIpc) is 2.36. The van der Waals surface area contributed by atoms with Crippen molar-refractivity contribution in [1.82, 2.24) is 0 Å². The number of hydrogen-bond acceptors (Lipinski definition) is 1. The van der Waals surface area contributed by atoms with Crippen LogP contribution in [-0.4, -0.2) is 0 Å². The Morgan fingerprint density at radius 2 is 1.89 bits per heavy atom. The molecule has 0 aliphatic heterocycles. The monoisotopic (exact) mass is 405 g/mol. The lowest BCUT2D eigenvalue weighted by Crippen LogP contribution is -2.14. The van der Waals surface area contributed by atoms with Crippen LogP contribution in [-0.2, 0) is 6.42 Å². The largest absolute Gasteiger partial charge is 0.324 e. The van der Waals surface area contributed by atoms with E-state index in [0.717, 1.165) is 15.6 Å². The van der Waals surface area contributed by atoms with Crippen LogP contribution in [0.3, 0.4) is 0 Å². The van der Waals surface area contributed by atoms with Gasteiger partial charge in [0.15, 0.2) is 0 Å². The Labute approximate surface area is 133 Å². The smallest absolute Gasteiger partial charge is 0.137 e. The summed E-state index contributed by atoms with van der Waals surface area (Å²) in [6.07, 6.45) is 0.592. The molecule has 2 aromatic carbocycles. The molecule has 0 heterocycles. The summed E-state index contributed by atoms with van der Waals surface area (Å²) in [4.78, 5) is 0. The molecule has 19 heavy (non-hydrogen) atoms. The fourth-order valence-corrected chi connectivity index (χ4v) is 2.89. The van der Waals surface area contributed by atoms with Crippen LogP contribution >= 0.6 is 43.5 Å². The summed E-state index contributed by atoms with van der Waals surface area (Å²) in [7, 11) is 0. The molecule has 0 amide bonds. The van der Waals surface area contributed by atoms with Crippen LogP contribution in [0.2, 0.25) is 5.02 Å². The topological polar surface area (TPSA) is 26.0 Å². The van der Waals surface area contributed by atoms with E-state index in [1.807, 2.05) is 12.1 Å². The van der Waals surface area contributed by atoms with Crippen LogP contribution in [0.4, 0.5) is 4.39 Å². The van der Waals surface area contributed by atoms with Gasteiger partial charge in [0, 0.05) is 15.5 Å². The number of benzene rings is 2. The Bertz CT molecular complexity index is 604. The van der Waals surface area contributed by atoms with E-state index in [1.54, 1.807) is 18.2 Å². The van der Waals surface area contributed by atoms with Crippen molar-refractivity contribution in [2.24, 2.45) is 5.73 Å². The lowest BCUT2D eigenvalue weighted by Gasteiger charge is -2.14. The van der Waals surface area contributed by atoms with Gasteiger partial charge in [0.25, 0.3) is 0 Å². The Kier molecular flexibility index (Phi) is 5.01. The average molecular weight is 408 g/mol. The summed E-state index contributed by atoms with van der Waals surface area (Å²) in [5.74, 6) is -0.280. The molecule has 0 bridgehead atoms. The van der Waals surface area contributed by atoms with E-state index in [2.05, 4.69) is 31.9 Å². The standard InChI is InChI=1S/C14H11Br2ClFN/c15-9-2-3-12(17)10(7-9)14(19)6-8-1-4-13(18)11(16)5-8/h1-5,7,14H,6,19H2. The van der Waals surface area contributed by atoms with Gasteiger partial charge in [-0.05, 0) is 63.8 Å². The Balaban J connectivity index is 2.22. The number of halogens is 4. The molecule has 0 spiro atoms. The SMILES string of the molecule is NC(Cc1ccc(F)c(Br)c1)c1cc(Br)ccc1Cl. The van der Waals surface area contributed by atoms with Crippen LogP contribution < -0.4 is 5.73 Å². The first kappa shape index (κ1) is 15.0. The zero-order chi connectivity index (χ0) is 14.0. The summed E-state index contributed by atoms with van der Waals surface area (Å²) in [6.45, 7) is 0. The van der Waals surface area contributed by atoms with Crippen molar-refractivity contribution in [2.45, 2.75) is 12.5 Å². The molecule has 2 rings (SSSR count). The third-order valence-electron chi connectivity index (χ3n) is 2.80. The zero-order valence-corrected chi connectivity index (χ0v) is 13.8. The first-order valence-corrected chi connectivity index (χ1v) is 7.58. The van der Waals surface area contributed by atoms with Gasteiger partial charge in [-0.1, -0.05) is 33.6 Å². The van der Waals surface area contributed by atoms with Crippen LogP contribution in [0, 0.1) is 5.82 Å². The van der Waals surface area contributed by atoms with Crippen LogP contribution in [0.1, 0.15) is 17.2 Å². The second-order valence-corrected chi connectivity index (χ2v) is 6.40. The zero-order valence-electron chi connectivity index (χ0n) is 9.84. The summed E-state index contributed by atoms with van der Waals surface area (Å²) in [5, 5.41) is 0.636. The Morgan fingerprint density at radius 3 is 2.58 bits per heavy atom. The van der Waals surface area contributed by atoms with E-state index in [9.17, 15) is 4.39 Å². The Morgan fingerprint density at radius 1 is 1.16 bits per heavy atom. The van der Waals surface area contributed by atoms with Crippen molar-refractivity contribution in [2.75, 3.05) is 0 Å². The predicted molar refractivity (Wildman–Crippen MR) is 83.9 cm³/mol. The molecule has 0 radical (unpaired) electrons. The van der Waals surface area contributed by atoms with Gasteiger partial charge in [-0.25, -0.2) is 4.39 Å². The van der Waals surface area contributed by atoms with Crippen molar-refractivity contribution in [3.8, 4) is 0 Å². The van der Waals surface area contributed by atoms with Gasteiger partial charge in [-0.15, -0.1) is 0 Å². The molecule has 0 fully saturated rings. The normalized spacial score (nSPS) is 12.5. The van der Waals surface area contributed by atoms with Crippen LogP contribution in [0.15, 0.2) is 45.3 Å². The van der Waals surface area contributed by atoms with Gasteiger partial charge in [0.1, 0.15) is 5.82 Å². The van der Waals surface area contributed by atoms with E-state index in [1.165, 1.54) is 6.07 Å². The third kappa shape index (κ3) is 3.78. The lowest BCUT2D eigenvalue weighted by atomic mass is 10.00. The van der Waals surface area contributed by atoms with Crippen molar-refractivity contribution in [3.05, 3.63) is 67.3 Å². The van der Waals surface area contributed by atoms with Crippen LogP contribution in [0.25, 0.3) is 0 Å². The highest BCUT2D eigenvalue weighted by molar-refractivity contribution is 9.10. The fraction of sp³-hybridized carbons (Fsp3) is 0.143. The van der Waals surface area contributed by atoms with Gasteiger partial charge in [0.05, 0.1) is 4.47 Å². The maximum absolute atomic E-state index is 13.2. The molecule has 0 aliphatic carbocycles. The van der Waals surface area contributed by atoms with E-state index < -0.39 is 0 Å². The molecule has 100 valence electrons. The minimum atomic E-state index is -0.280. The molecule has 1 atom stereocenters. The van der Waals surface area contributed by atoms with Gasteiger partial charge < -0.3 is 5.73 Å². The van der Waals surface area contributed by atoms with E-state index in [-0.39, 0.29) is 11.9 Å². The summed E-state index contributed by atoms with van der Waals surface area (Å²) >= 11 is 12.7. The van der Waals surface area contributed by atoms with E-state index in [4.69, 9.17) is 17.3 Å². The minimum Gasteiger partial charge on any atom is -0.324 e. The molecule has 5 heteroatoms. The van der Waals surface area contributed by atoms with E-state index in [0.29, 0.717) is 15.9 Å². The van der Waals surface area contributed by atoms with Gasteiger partial charge in [0.2, 0.25) is 0 Å². The second-order valence-electron chi connectivity index (χ2n) is 4.22. The minimum absolute atomic E-state index is 0.234. The first-order valence-electron chi connectivity index (χ1n) is 5.62. The van der Waals surface area contributed by atoms with Crippen molar-refractivity contribution >= 4 is 43.5 Å². The molecule has 1 nitrogen and oxygen atoms in total. The molecule has 1 unspecified atom stereocenters. The van der Waals surface area contributed by atoms with Crippen molar-refractivity contribution < 1.29 is 4.39 Å². The fourth-order valence-electron chi connectivity index (χ4n) is 1.83. The molecular formula is C14H11Br2ClFN. The molecular weight excluding hydrogens is 396 g/mol. The molecule has 2 aromatic rings. The number of nitrogens with two attached hydrogens (primary N) is 1. The summed E-state index contributed by atoms with van der Waals surface area (Å²) < 4.78 is 14.5. The molecule has 0 aliphatic rings. The van der Waals surface area contributed by atoms with Gasteiger partial charge in [-0.2, -0.15) is 0 Å². The molecule has 0 aromatic heterocycles. The van der Waals surface area contributed by atoms with Crippen LogP contribution in [0.5, 0.6) is 0 Å². The Hall–Kier alpha value is -0.420. The van der Waals surface area contributed by atoms with Gasteiger partial charge in [-0.3, -0.25) is 0 Å². The first-order chi connectivity index (χ1) is 8.97. The maximum Gasteiger partial charge on any atom is 0.137 e. The van der Waals surface area contributed by atoms with Crippen molar-refractivity contribution in [1.29, 1.82) is 0 Å². The molecule has 0 saturated heterocycles. The third-order valence-corrected chi connectivity index (χ3v) is 4.24. The summed E-state index contributed by atoms with van der Waals surface area (Å²) in [5.41, 5.74) is 8.00. The maximum atomic E-state index is 13.2. The number of rotatable bonds is 3. The molecule has 2 N–H and O–H groups in total. The number of hydrogen-bond donors (Lipinski definition) is 1. The van der Waals surface area contributed by atoms with Crippen molar-refractivity contribution in [3.63, 3.8) is 0 Å². The summed E-state index contributed by atoms with van der Waals surface area (Å²) in [6, 6.07) is 10.2. The van der Waals surface area contributed by atoms with E-state index >= 15 is 0 Å². The molecule has 0 saturated carbocycles. The van der Waals surface area contributed by atoms with Gasteiger partial charge >= 0.3 is 0 Å². The quantitative estimate of drug-likeness (QED) is 0.739. The highest BCUT2D eigenvalue weighted by Crippen LogP contribution is 2.28. The lowest BCUT2D eigenvalue weighted by molar-refractivity contribution is 0.618.